The van der Waals surface area contributed by atoms with Gasteiger partial charge in [-0.1, -0.05) is 84.9 Å². The van der Waals surface area contributed by atoms with Crippen molar-refractivity contribution in [1.82, 2.24) is 39.9 Å². The number of hydrogen-bond acceptors (Lipinski definition) is 8. The average Bonchev–Trinajstić information content (AvgIpc) is 3.77. The summed E-state index contributed by atoms with van der Waals surface area (Å²) < 4.78 is 5.62. The maximum absolute atomic E-state index is 12.1. The average molecular weight is 638 g/mol. The Bertz CT molecular complexity index is 2530. The molecule has 0 atom stereocenters. The quantitative estimate of drug-likeness (QED) is 0.114. The summed E-state index contributed by atoms with van der Waals surface area (Å²) >= 11 is 0. The molecule has 7 aromatic rings. The molecule has 0 fully saturated rings. The summed E-state index contributed by atoms with van der Waals surface area (Å²) in [6, 6.07) is 29.1. The number of ether oxygens (including phenoxy) is 1. The molecular weight excluding hydrogens is 618 g/mol. The summed E-state index contributed by atoms with van der Waals surface area (Å²) in [7, 11) is 0. The number of carbonyl (C=O) groups is 1. The van der Waals surface area contributed by atoms with Crippen LogP contribution in [0.25, 0.3) is 89.7 Å². The SMILES string of the molecule is CC(=O)Oc1cccc2c3nc4nc(nc5[nH]c(nc6nc(nc([nH]3)c12)-c1ccccc1-6)c1ccccc51)-c1ccccc1-4.[Zn]. The number of nitrogens with one attached hydrogen (secondary N) is 2. The van der Waals surface area contributed by atoms with Gasteiger partial charge in [-0.3, -0.25) is 4.79 Å². The molecule has 3 aromatic heterocycles. The number of carbonyl (C=O) groups excluding carboxylic acids is 1. The fraction of sp³-hybridized carbons (Fsp3) is 0.0294. The fourth-order valence-corrected chi connectivity index (χ4v) is 5.90. The van der Waals surface area contributed by atoms with E-state index in [-0.39, 0.29) is 19.5 Å². The molecule has 10 nitrogen and oxygen atoms in total. The van der Waals surface area contributed by atoms with Gasteiger partial charge in [0.1, 0.15) is 28.3 Å². The number of H-pyrrole nitrogens is 2. The largest absolute Gasteiger partial charge is 0.426 e. The zero-order valence-corrected chi connectivity index (χ0v) is 26.8. The number of rotatable bonds is 1. The maximum Gasteiger partial charge on any atom is 0.308 e. The first-order valence-electron chi connectivity index (χ1n) is 14.0. The van der Waals surface area contributed by atoms with E-state index < -0.39 is 5.97 Å². The van der Waals surface area contributed by atoms with Crippen LogP contribution in [-0.4, -0.2) is 45.8 Å². The number of esters is 1. The molecule has 8 bridgehead atoms. The third-order valence-corrected chi connectivity index (χ3v) is 7.79. The molecule has 0 amide bonds. The van der Waals surface area contributed by atoms with E-state index in [0.29, 0.717) is 57.0 Å². The van der Waals surface area contributed by atoms with Gasteiger partial charge in [0.2, 0.25) is 0 Å². The monoisotopic (exact) mass is 636 g/mol. The van der Waals surface area contributed by atoms with E-state index in [9.17, 15) is 4.79 Å². The Morgan fingerprint density at radius 3 is 1.40 bits per heavy atom. The number of fused-ring (bicyclic) bond motifs is 20. The van der Waals surface area contributed by atoms with Crippen molar-refractivity contribution in [3.63, 3.8) is 0 Å². The van der Waals surface area contributed by atoms with Gasteiger partial charge in [-0.2, -0.15) is 0 Å². The van der Waals surface area contributed by atoms with E-state index in [2.05, 4.69) is 9.97 Å². The Kier molecular flexibility index (Phi) is 6.11. The summed E-state index contributed by atoms with van der Waals surface area (Å²) in [5.74, 6) is 1.95. The zero-order chi connectivity index (χ0) is 29.4. The molecule has 0 unspecified atom stereocenters. The van der Waals surface area contributed by atoms with Crippen LogP contribution in [0, 0.1) is 0 Å². The number of benzene rings is 4. The van der Waals surface area contributed by atoms with Gasteiger partial charge in [0.25, 0.3) is 0 Å². The normalized spacial score (nSPS) is 11.6. The smallest absolute Gasteiger partial charge is 0.308 e. The number of aromatic nitrogens is 8. The molecule has 5 heterocycles. The second kappa shape index (κ2) is 10.2. The molecule has 45 heavy (non-hydrogen) atoms. The van der Waals surface area contributed by atoms with Crippen molar-refractivity contribution >= 4 is 50.1 Å². The molecule has 0 aliphatic carbocycles. The van der Waals surface area contributed by atoms with Crippen molar-refractivity contribution in [2.45, 2.75) is 6.92 Å². The van der Waals surface area contributed by atoms with Crippen molar-refractivity contribution in [3.8, 4) is 51.3 Å². The Balaban J connectivity index is 0.00000300. The van der Waals surface area contributed by atoms with Gasteiger partial charge >= 0.3 is 5.97 Å². The Hall–Kier alpha value is -5.67. The predicted molar refractivity (Wildman–Crippen MR) is 167 cm³/mol. The summed E-state index contributed by atoms with van der Waals surface area (Å²) in [5.41, 5.74) is 5.63. The molecule has 0 saturated carbocycles. The van der Waals surface area contributed by atoms with Crippen LogP contribution in [0.4, 0.5) is 0 Å². The van der Waals surface area contributed by atoms with Gasteiger partial charge in [-0.25, -0.2) is 29.9 Å². The van der Waals surface area contributed by atoms with Gasteiger partial charge < -0.3 is 14.7 Å². The Labute approximate surface area is 267 Å². The van der Waals surface area contributed by atoms with Gasteiger partial charge in [0.05, 0.1) is 5.39 Å². The van der Waals surface area contributed by atoms with Gasteiger partial charge in [-0.15, -0.1) is 0 Å². The van der Waals surface area contributed by atoms with Crippen LogP contribution < -0.4 is 4.74 Å². The first-order valence-corrected chi connectivity index (χ1v) is 14.0. The minimum absolute atomic E-state index is 0. The Morgan fingerprint density at radius 2 is 0.911 bits per heavy atom. The molecule has 11 heteroatoms. The number of aromatic amines is 2. The van der Waals surface area contributed by atoms with Crippen molar-refractivity contribution in [2.24, 2.45) is 0 Å². The van der Waals surface area contributed by atoms with Crippen LogP contribution in [0.5, 0.6) is 5.75 Å². The maximum atomic E-state index is 12.1. The summed E-state index contributed by atoms with van der Waals surface area (Å²) in [4.78, 5) is 48.6. The predicted octanol–water partition coefficient (Wildman–Crippen LogP) is 6.79. The van der Waals surface area contributed by atoms with Crippen molar-refractivity contribution in [1.29, 1.82) is 0 Å². The first-order chi connectivity index (χ1) is 21.6. The van der Waals surface area contributed by atoms with E-state index >= 15 is 0 Å². The van der Waals surface area contributed by atoms with Crippen LogP contribution in [0.1, 0.15) is 6.92 Å². The molecule has 4 aromatic carbocycles. The van der Waals surface area contributed by atoms with E-state index in [0.717, 1.165) is 38.4 Å². The molecule has 2 aliphatic rings. The number of hydrogen-bond donors (Lipinski definition) is 2. The standard InChI is InChI=1S/C34H20N8O2.Zn/c1-17(43)44-25-16-8-15-24-26(25)34-41-32-23-14-7-6-13-22(23)30(39-32)37-28-19-10-3-2-9-18(19)27(35-28)36-29-20-11-4-5-12-21(20)31(38-29)40-33(24)42-34;/h2-16H,1H3,(H2,35,36,37,38,39,40,41,42);. The van der Waals surface area contributed by atoms with Crippen LogP contribution in [-0.2, 0) is 24.3 Å². The van der Waals surface area contributed by atoms with E-state index in [1.165, 1.54) is 6.92 Å². The minimum Gasteiger partial charge on any atom is -0.426 e. The van der Waals surface area contributed by atoms with Crippen LogP contribution >= 0.6 is 0 Å². The molecule has 2 N–H and O–H groups in total. The molecule has 2 aliphatic heterocycles. The Morgan fingerprint density at radius 1 is 0.511 bits per heavy atom. The topological polar surface area (TPSA) is 135 Å². The second-order valence-corrected chi connectivity index (χ2v) is 10.5. The van der Waals surface area contributed by atoms with E-state index in [1.54, 1.807) is 6.07 Å². The van der Waals surface area contributed by atoms with Gasteiger partial charge in [0, 0.05) is 64.8 Å². The minimum atomic E-state index is -0.438. The molecule has 0 radical (unpaired) electrons. The van der Waals surface area contributed by atoms with Crippen molar-refractivity contribution in [2.75, 3.05) is 0 Å². The van der Waals surface area contributed by atoms with Crippen molar-refractivity contribution in [3.05, 3.63) is 91.0 Å². The summed E-state index contributed by atoms with van der Waals surface area (Å²) in [5, 5.41) is 3.15. The molecule has 0 saturated heterocycles. The molecule has 0 spiro atoms. The summed E-state index contributed by atoms with van der Waals surface area (Å²) in [6.45, 7) is 1.37. The van der Waals surface area contributed by atoms with Crippen LogP contribution in [0.2, 0.25) is 0 Å². The van der Waals surface area contributed by atoms with E-state index in [4.69, 9.17) is 34.6 Å². The molecule has 210 valence electrons. The second-order valence-electron chi connectivity index (χ2n) is 10.5. The third kappa shape index (κ3) is 4.23. The van der Waals surface area contributed by atoms with E-state index in [1.807, 2.05) is 84.9 Å². The molecule has 9 rings (SSSR count). The third-order valence-electron chi connectivity index (χ3n) is 7.79. The number of nitrogens with zero attached hydrogens (tertiary/aromatic N) is 6. The van der Waals surface area contributed by atoms with Crippen LogP contribution in [0.15, 0.2) is 91.0 Å². The summed E-state index contributed by atoms with van der Waals surface area (Å²) in [6.07, 6.45) is 0. The first kappa shape index (κ1) is 26.9. The van der Waals surface area contributed by atoms with Crippen LogP contribution in [0.3, 0.4) is 0 Å². The van der Waals surface area contributed by atoms with Gasteiger partial charge in [0.15, 0.2) is 23.3 Å². The fourth-order valence-electron chi connectivity index (χ4n) is 5.90. The van der Waals surface area contributed by atoms with Gasteiger partial charge in [-0.05, 0) is 6.07 Å². The molecular formula is C34H20N8O2Zn. The zero-order valence-electron chi connectivity index (χ0n) is 23.9. The van der Waals surface area contributed by atoms with Crippen molar-refractivity contribution < 1.29 is 29.0 Å².